The number of nitrogens with two attached hydrogens (primary N) is 1. The second kappa shape index (κ2) is 6.03. The van der Waals surface area contributed by atoms with Gasteiger partial charge in [0.25, 0.3) is 0 Å². The lowest BCUT2D eigenvalue weighted by Gasteiger charge is -2.19. The minimum atomic E-state index is -4.58. The van der Waals surface area contributed by atoms with Gasteiger partial charge in [0.1, 0.15) is 5.82 Å². The van der Waals surface area contributed by atoms with Crippen LogP contribution in [0, 0.1) is 5.82 Å². The van der Waals surface area contributed by atoms with Crippen molar-refractivity contribution in [3.05, 3.63) is 70.0 Å². The van der Waals surface area contributed by atoms with Crippen molar-refractivity contribution in [2.24, 2.45) is 5.73 Å². The summed E-state index contributed by atoms with van der Waals surface area (Å²) in [5.74, 6) is -0.757. The predicted molar refractivity (Wildman–Crippen MR) is 73.5 cm³/mol. The molecule has 0 amide bonds. The van der Waals surface area contributed by atoms with E-state index in [1.807, 2.05) is 0 Å². The van der Waals surface area contributed by atoms with Gasteiger partial charge in [-0.3, -0.25) is 0 Å². The van der Waals surface area contributed by atoms with Crippen molar-refractivity contribution in [1.29, 1.82) is 0 Å². The smallest absolute Gasteiger partial charge is 0.324 e. The van der Waals surface area contributed by atoms with Crippen molar-refractivity contribution < 1.29 is 17.6 Å². The molecule has 6 heteroatoms. The molecule has 0 aliphatic carbocycles. The molecular weight excluding hydrogens is 306 g/mol. The summed E-state index contributed by atoms with van der Waals surface area (Å²) < 4.78 is 52.1. The van der Waals surface area contributed by atoms with Crippen molar-refractivity contribution in [2.75, 3.05) is 0 Å². The lowest BCUT2D eigenvalue weighted by Crippen LogP contribution is -2.19. The molecule has 1 unspecified atom stereocenters. The van der Waals surface area contributed by atoms with E-state index in [4.69, 9.17) is 17.3 Å². The zero-order chi connectivity index (χ0) is 15.6. The summed E-state index contributed by atoms with van der Waals surface area (Å²) in [6.07, 6.45) is -4.49. The molecule has 0 heterocycles. The normalized spacial score (nSPS) is 13.2. The lowest BCUT2D eigenvalue weighted by molar-refractivity contribution is -0.138. The average Bonchev–Trinajstić information content (AvgIpc) is 2.40. The zero-order valence-electron chi connectivity index (χ0n) is 10.8. The second-order valence-electron chi connectivity index (χ2n) is 4.63. The molecule has 0 saturated carbocycles. The molecule has 0 spiro atoms. The summed E-state index contributed by atoms with van der Waals surface area (Å²) in [5.41, 5.74) is 5.25. The Hall–Kier alpha value is -1.59. The number of rotatable bonds is 3. The van der Waals surface area contributed by atoms with Gasteiger partial charge in [-0.25, -0.2) is 4.39 Å². The Morgan fingerprint density at radius 1 is 1.10 bits per heavy atom. The van der Waals surface area contributed by atoms with Gasteiger partial charge in [-0.1, -0.05) is 29.8 Å². The minimum Gasteiger partial charge on any atom is -0.324 e. The van der Waals surface area contributed by atoms with Crippen molar-refractivity contribution in [1.82, 2.24) is 0 Å². The van der Waals surface area contributed by atoms with Gasteiger partial charge in [-0.15, -0.1) is 0 Å². The average molecular weight is 318 g/mol. The molecule has 0 fully saturated rings. The topological polar surface area (TPSA) is 26.0 Å². The van der Waals surface area contributed by atoms with Crippen molar-refractivity contribution in [3.63, 3.8) is 0 Å². The van der Waals surface area contributed by atoms with Crippen LogP contribution in [-0.2, 0) is 12.6 Å². The standard InChI is InChI=1S/C15H12ClF4N/c16-13-4-2-1-3-9(13)7-14(21)11-8-10(17)5-6-12(11)15(18,19)20/h1-6,8,14H,7,21H2. The fraction of sp³-hybridized carbons (Fsp3) is 0.200. The fourth-order valence-corrected chi connectivity index (χ4v) is 2.32. The van der Waals surface area contributed by atoms with Crippen LogP contribution < -0.4 is 5.73 Å². The number of hydrogen-bond donors (Lipinski definition) is 1. The zero-order valence-corrected chi connectivity index (χ0v) is 11.5. The van der Waals surface area contributed by atoms with Gasteiger partial charge >= 0.3 is 6.18 Å². The first-order valence-corrected chi connectivity index (χ1v) is 6.52. The Kier molecular flexibility index (Phi) is 4.54. The third-order valence-electron chi connectivity index (χ3n) is 3.12. The van der Waals surface area contributed by atoms with E-state index in [9.17, 15) is 17.6 Å². The molecule has 112 valence electrons. The van der Waals surface area contributed by atoms with Crippen LogP contribution in [0.5, 0.6) is 0 Å². The minimum absolute atomic E-state index is 0.0895. The number of halogens is 5. The highest BCUT2D eigenvalue weighted by atomic mass is 35.5. The largest absolute Gasteiger partial charge is 0.416 e. The summed E-state index contributed by atoms with van der Waals surface area (Å²) in [6.45, 7) is 0. The molecule has 2 rings (SSSR count). The van der Waals surface area contributed by atoms with Crippen molar-refractivity contribution in [2.45, 2.75) is 18.6 Å². The summed E-state index contributed by atoms with van der Waals surface area (Å²) in [7, 11) is 0. The van der Waals surface area contributed by atoms with E-state index in [1.165, 1.54) is 0 Å². The highest BCUT2D eigenvalue weighted by Crippen LogP contribution is 2.35. The molecule has 2 aromatic rings. The third-order valence-corrected chi connectivity index (χ3v) is 3.48. The highest BCUT2D eigenvalue weighted by Gasteiger charge is 2.34. The molecule has 1 nitrogen and oxygen atoms in total. The van der Waals surface area contributed by atoms with Gasteiger partial charge in [-0.2, -0.15) is 13.2 Å². The number of hydrogen-bond acceptors (Lipinski definition) is 1. The Balaban J connectivity index is 2.37. The van der Waals surface area contributed by atoms with Gasteiger partial charge in [0, 0.05) is 11.1 Å². The second-order valence-corrected chi connectivity index (χ2v) is 5.04. The molecule has 0 bridgehead atoms. The van der Waals surface area contributed by atoms with E-state index >= 15 is 0 Å². The molecule has 0 saturated heterocycles. The van der Waals surface area contributed by atoms with Gasteiger partial charge in [0.15, 0.2) is 0 Å². The van der Waals surface area contributed by atoms with Crippen LogP contribution in [0.15, 0.2) is 42.5 Å². The van der Waals surface area contributed by atoms with E-state index < -0.39 is 23.6 Å². The SMILES string of the molecule is NC(Cc1ccccc1Cl)c1cc(F)ccc1C(F)(F)F. The monoisotopic (exact) mass is 317 g/mol. The Bertz CT molecular complexity index is 640. The lowest BCUT2D eigenvalue weighted by atomic mass is 9.95. The number of benzene rings is 2. The molecule has 0 aliphatic rings. The maximum absolute atomic E-state index is 13.3. The quantitative estimate of drug-likeness (QED) is 0.813. The maximum Gasteiger partial charge on any atom is 0.416 e. The van der Waals surface area contributed by atoms with Crippen molar-refractivity contribution in [3.8, 4) is 0 Å². The van der Waals surface area contributed by atoms with E-state index in [2.05, 4.69) is 0 Å². The first kappa shape index (κ1) is 15.8. The molecule has 0 aliphatic heterocycles. The van der Waals surface area contributed by atoms with Gasteiger partial charge in [-0.05, 0) is 41.8 Å². The van der Waals surface area contributed by atoms with Gasteiger partial charge in [0.2, 0.25) is 0 Å². The van der Waals surface area contributed by atoms with Crippen LogP contribution in [0.3, 0.4) is 0 Å². The van der Waals surface area contributed by atoms with Crippen molar-refractivity contribution >= 4 is 11.6 Å². The van der Waals surface area contributed by atoms with E-state index in [0.29, 0.717) is 16.7 Å². The molecular formula is C15H12ClF4N. The third kappa shape index (κ3) is 3.74. The Labute approximate surface area is 124 Å². The summed E-state index contributed by atoms with van der Waals surface area (Å²) >= 11 is 5.96. The first-order chi connectivity index (χ1) is 9.79. The maximum atomic E-state index is 13.3. The molecule has 2 N–H and O–H groups in total. The van der Waals surface area contributed by atoms with Crippen LogP contribution in [-0.4, -0.2) is 0 Å². The molecule has 21 heavy (non-hydrogen) atoms. The molecule has 0 radical (unpaired) electrons. The Morgan fingerprint density at radius 3 is 2.38 bits per heavy atom. The summed E-state index contributed by atoms with van der Waals surface area (Å²) in [4.78, 5) is 0. The molecule has 0 aromatic heterocycles. The van der Waals surface area contributed by atoms with E-state index in [-0.39, 0.29) is 12.0 Å². The summed E-state index contributed by atoms with van der Waals surface area (Å²) in [5, 5.41) is 0.415. The predicted octanol–water partition coefficient (Wildman–Crippen LogP) is 4.74. The van der Waals surface area contributed by atoms with Gasteiger partial charge < -0.3 is 5.73 Å². The van der Waals surface area contributed by atoms with Crippen LogP contribution >= 0.6 is 11.6 Å². The molecule has 1 atom stereocenters. The van der Waals surface area contributed by atoms with Crippen LogP contribution in [0.2, 0.25) is 5.02 Å². The van der Waals surface area contributed by atoms with Crippen LogP contribution in [0.1, 0.15) is 22.7 Å². The first-order valence-electron chi connectivity index (χ1n) is 6.14. The van der Waals surface area contributed by atoms with Crippen LogP contribution in [0.25, 0.3) is 0 Å². The van der Waals surface area contributed by atoms with Crippen LogP contribution in [0.4, 0.5) is 17.6 Å². The molecule has 2 aromatic carbocycles. The Morgan fingerprint density at radius 2 is 1.76 bits per heavy atom. The number of alkyl halides is 3. The van der Waals surface area contributed by atoms with Gasteiger partial charge in [0.05, 0.1) is 5.56 Å². The van der Waals surface area contributed by atoms with E-state index in [0.717, 1.165) is 12.1 Å². The fourth-order valence-electron chi connectivity index (χ4n) is 2.11. The highest BCUT2D eigenvalue weighted by molar-refractivity contribution is 6.31. The van der Waals surface area contributed by atoms with E-state index in [1.54, 1.807) is 24.3 Å². The summed E-state index contributed by atoms with van der Waals surface area (Å²) in [6, 6.07) is 8.02.